The summed E-state index contributed by atoms with van der Waals surface area (Å²) in [5, 5.41) is 4.07. The van der Waals surface area contributed by atoms with E-state index in [0.717, 1.165) is 41.2 Å². The van der Waals surface area contributed by atoms with E-state index in [4.69, 9.17) is 4.98 Å². The molecule has 1 amide bonds. The molecule has 0 aliphatic heterocycles. The van der Waals surface area contributed by atoms with Crippen molar-refractivity contribution in [2.75, 3.05) is 5.32 Å². The number of hydrogen-bond acceptors (Lipinski definition) is 4. The van der Waals surface area contributed by atoms with Crippen molar-refractivity contribution in [2.24, 2.45) is 5.92 Å². The molecule has 1 N–H and O–H groups in total. The first-order valence-electron chi connectivity index (χ1n) is 8.45. The van der Waals surface area contributed by atoms with Gasteiger partial charge in [0.2, 0.25) is 5.91 Å². The van der Waals surface area contributed by atoms with Crippen molar-refractivity contribution in [3.8, 4) is 10.6 Å². The molecule has 1 aromatic carbocycles. The smallest absolute Gasteiger partial charge is 0.227 e. The van der Waals surface area contributed by atoms with Crippen molar-refractivity contribution in [2.45, 2.75) is 26.2 Å². The summed E-state index contributed by atoms with van der Waals surface area (Å²) in [4.78, 5) is 22.7. The Morgan fingerprint density at radius 1 is 1.16 bits per heavy atom. The van der Waals surface area contributed by atoms with Crippen LogP contribution in [-0.2, 0) is 17.6 Å². The Morgan fingerprint density at radius 2 is 1.92 bits per heavy atom. The van der Waals surface area contributed by atoms with Crippen molar-refractivity contribution >= 4 is 22.9 Å². The normalized spacial score (nSPS) is 16.3. The SMILES string of the molecule is Cc1ccc(NC(=O)C2CCc3nc(-c4ccncc4)sc3C2)cc1. The molecule has 2 heterocycles. The molecule has 0 spiro atoms. The van der Waals surface area contributed by atoms with Gasteiger partial charge in [-0.3, -0.25) is 9.78 Å². The number of thiazole rings is 1. The van der Waals surface area contributed by atoms with Crippen molar-refractivity contribution < 1.29 is 4.79 Å². The number of amides is 1. The predicted octanol–water partition coefficient (Wildman–Crippen LogP) is 4.26. The Labute approximate surface area is 151 Å². The Balaban J connectivity index is 1.48. The molecule has 2 aromatic heterocycles. The molecule has 0 bridgehead atoms. The highest BCUT2D eigenvalue weighted by atomic mass is 32.1. The largest absolute Gasteiger partial charge is 0.326 e. The van der Waals surface area contributed by atoms with Crippen LogP contribution in [0.15, 0.2) is 48.8 Å². The lowest BCUT2D eigenvalue weighted by Gasteiger charge is -2.20. The standard InChI is InChI=1S/C20H19N3OS/c1-13-2-5-16(6-3-13)22-19(24)15-4-7-17-18(12-15)25-20(23-17)14-8-10-21-11-9-14/h2-3,5-6,8-11,15H,4,7,12H2,1H3,(H,22,24). The van der Waals surface area contributed by atoms with Crippen LogP contribution in [0.25, 0.3) is 10.6 Å². The highest BCUT2D eigenvalue weighted by Gasteiger charge is 2.27. The maximum absolute atomic E-state index is 12.6. The number of anilines is 1. The zero-order valence-electron chi connectivity index (χ0n) is 14.0. The number of rotatable bonds is 3. The summed E-state index contributed by atoms with van der Waals surface area (Å²) in [6, 6.07) is 11.9. The van der Waals surface area contributed by atoms with E-state index in [1.807, 2.05) is 43.3 Å². The third-order valence-corrected chi connectivity index (χ3v) is 5.73. The number of benzene rings is 1. The van der Waals surface area contributed by atoms with Crippen molar-refractivity contribution in [1.29, 1.82) is 0 Å². The minimum Gasteiger partial charge on any atom is -0.326 e. The summed E-state index contributed by atoms with van der Waals surface area (Å²) in [6.45, 7) is 2.04. The molecule has 1 unspecified atom stereocenters. The molecule has 0 saturated carbocycles. The van der Waals surface area contributed by atoms with Crippen LogP contribution in [0.3, 0.4) is 0 Å². The maximum atomic E-state index is 12.6. The van der Waals surface area contributed by atoms with Gasteiger partial charge in [0.05, 0.1) is 5.69 Å². The molecular weight excluding hydrogens is 330 g/mol. The van der Waals surface area contributed by atoms with Gasteiger partial charge in [-0.25, -0.2) is 4.98 Å². The number of aryl methyl sites for hydroxylation is 2. The second-order valence-corrected chi connectivity index (χ2v) is 7.50. The molecule has 3 aromatic rings. The third kappa shape index (κ3) is 3.46. The van der Waals surface area contributed by atoms with Gasteiger partial charge in [-0.05, 0) is 50.5 Å². The van der Waals surface area contributed by atoms with Crippen LogP contribution < -0.4 is 5.32 Å². The van der Waals surface area contributed by atoms with E-state index in [1.54, 1.807) is 23.7 Å². The van der Waals surface area contributed by atoms with Gasteiger partial charge < -0.3 is 5.32 Å². The van der Waals surface area contributed by atoms with Crippen LogP contribution in [0.5, 0.6) is 0 Å². The summed E-state index contributed by atoms with van der Waals surface area (Å²) in [6.07, 6.45) is 6.06. The second-order valence-electron chi connectivity index (χ2n) is 6.42. The van der Waals surface area contributed by atoms with Gasteiger partial charge in [0.1, 0.15) is 5.01 Å². The average Bonchev–Trinajstić information content (AvgIpc) is 3.07. The zero-order valence-corrected chi connectivity index (χ0v) is 14.8. The van der Waals surface area contributed by atoms with Crippen molar-refractivity contribution in [3.05, 3.63) is 64.9 Å². The maximum Gasteiger partial charge on any atom is 0.227 e. The highest BCUT2D eigenvalue weighted by Crippen LogP contribution is 2.34. The predicted molar refractivity (Wildman–Crippen MR) is 101 cm³/mol. The highest BCUT2D eigenvalue weighted by molar-refractivity contribution is 7.15. The number of nitrogens with one attached hydrogen (secondary N) is 1. The van der Waals surface area contributed by atoms with E-state index < -0.39 is 0 Å². The topological polar surface area (TPSA) is 54.9 Å². The molecule has 0 saturated heterocycles. The number of hydrogen-bond donors (Lipinski definition) is 1. The lowest BCUT2D eigenvalue weighted by atomic mass is 9.90. The molecule has 4 rings (SSSR count). The molecular formula is C20H19N3OS. The van der Waals surface area contributed by atoms with E-state index in [-0.39, 0.29) is 11.8 Å². The second kappa shape index (κ2) is 6.76. The van der Waals surface area contributed by atoms with E-state index >= 15 is 0 Å². The quantitative estimate of drug-likeness (QED) is 0.769. The fourth-order valence-corrected chi connectivity index (χ4v) is 4.29. The van der Waals surface area contributed by atoms with Crippen molar-refractivity contribution in [1.82, 2.24) is 9.97 Å². The van der Waals surface area contributed by atoms with Crippen LogP contribution in [0.4, 0.5) is 5.69 Å². The number of aromatic nitrogens is 2. The number of carbonyl (C=O) groups is 1. The summed E-state index contributed by atoms with van der Waals surface area (Å²) in [7, 11) is 0. The summed E-state index contributed by atoms with van der Waals surface area (Å²) < 4.78 is 0. The number of nitrogens with zero attached hydrogens (tertiary/aromatic N) is 2. The minimum atomic E-state index is 0.0135. The van der Waals surface area contributed by atoms with Crippen LogP contribution in [0.1, 0.15) is 22.6 Å². The Morgan fingerprint density at radius 3 is 2.68 bits per heavy atom. The Bertz CT molecular complexity index is 887. The van der Waals surface area contributed by atoms with Crippen molar-refractivity contribution in [3.63, 3.8) is 0 Å². The molecule has 126 valence electrons. The van der Waals surface area contributed by atoms with Gasteiger partial charge in [-0.15, -0.1) is 11.3 Å². The third-order valence-electron chi connectivity index (χ3n) is 4.56. The number of fused-ring (bicyclic) bond motifs is 1. The lowest BCUT2D eigenvalue weighted by molar-refractivity contribution is -0.120. The fraction of sp³-hybridized carbons (Fsp3) is 0.250. The van der Waals surface area contributed by atoms with Gasteiger partial charge in [-0.1, -0.05) is 17.7 Å². The molecule has 0 radical (unpaired) electrons. The van der Waals surface area contributed by atoms with E-state index in [9.17, 15) is 4.79 Å². The van der Waals surface area contributed by atoms with Crippen LogP contribution in [0, 0.1) is 12.8 Å². The van der Waals surface area contributed by atoms with Gasteiger partial charge in [-0.2, -0.15) is 0 Å². The zero-order chi connectivity index (χ0) is 17.2. The van der Waals surface area contributed by atoms with Gasteiger partial charge in [0.15, 0.2) is 0 Å². The summed E-state index contributed by atoms with van der Waals surface area (Å²) >= 11 is 1.70. The summed E-state index contributed by atoms with van der Waals surface area (Å²) in [5.41, 5.74) is 4.29. The first kappa shape index (κ1) is 16.0. The molecule has 4 nitrogen and oxygen atoms in total. The molecule has 0 fully saturated rings. The van der Waals surface area contributed by atoms with Crippen LogP contribution in [0.2, 0.25) is 0 Å². The fourth-order valence-electron chi connectivity index (χ4n) is 3.10. The van der Waals surface area contributed by atoms with Crippen LogP contribution in [-0.4, -0.2) is 15.9 Å². The number of carbonyl (C=O) groups excluding carboxylic acids is 1. The molecule has 25 heavy (non-hydrogen) atoms. The molecule has 1 atom stereocenters. The summed E-state index contributed by atoms with van der Waals surface area (Å²) in [5.74, 6) is 0.118. The molecule has 5 heteroatoms. The minimum absolute atomic E-state index is 0.0135. The average molecular weight is 349 g/mol. The van der Waals surface area contributed by atoms with Gasteiger partial charge in [0.25, 0.3) is 0 Å². The Hall–Kier alpha value is -2.53. The molecule has 1 aliphatic rings. The monoisotopic (exact) mass is 349 g/mol. The first-order chi connectivity index (χ1) is 12.2. The van der Waals surface area contributed by atoms with Gasteiger partial charge in [0, 0.05) is 34.4 Å². The first-order valence-corrected chi connectivity index (χ1v) is 9.27. The Kier molecular flexibility index (Phi) is 4.32. The van der Waals surface area contributed by atoms with Crippen LogP contribution >= 0.6 is 11.3 Å². The van der Waals surface area contributed by atoms with E-state index in [2.05, 4.69) is 10.3 Å². The van der Waals surface area contributed by atoms with E-state index in [1.165, 1.54) is 10.4 Å². The van der Waals surface area contributed by atoms with E-state index in [0.29, 0.717) is 0 Å². The molecule has 1 aliphatic carbocycles. The number of pyridine rings is 1. The lowest BCUT2D eigenvalue weighted by Crippen LogP contribution is -2.27. The van der Waals surface area contributed by atoms with Gasteiger partial charge >= 0.3 is 0 Å².